The molecule has 0 fully saturated rings. The Kier molecular flexibility index (Phi) is 5.10. The zero-order chi connectivity index (χ0) is 19.5. The van der Waals surface area contributed by atoms with E-state index in [1.165, 1.54) is 6.07 Å². The number of aromatic nitrogens is 3. The molecular formula is C21H14Cl2N4O. The van der Waals surface area contributed by atoms with E-state index < -0.39 is 0 Å². The highest BCUT2D eigenvalue weighted by molar-refractivity contribution is 6.31. The zero-order valence-electron chi connectivity index (χ0n) is 14.5. The summed E-state index contributed by atoms with van der Waals surface area (Å²) in [5.74, 6) is 0.575. The lowest BCUT2D eigenvalue weighted by Gasteiger charge is -2.05. The molecule has 1 heterocycles. The molecule has 28 heavy (non-hydrogen) atoms. The first kappa shape index (κ1) is 18.2. The van der Waals surface area contributed by atoms with Crippen LogP contribution in [0.15, 0.2) is 77.8 Å². The first-order valence-electron chi connectivity index (χ1n) is 8.41. The first-order valence-corrected chi connectivity index (χ1v) is 9.17. The smallest absolute Gasteiger partial charge is 0.184 e. The van der Waals surface area contributed by atoms with Crippen LogP contribution in [0, 0.1) is 0 Å². The third-order valence-electron chi connectivity index (χ3n) is 4.08. The van der Waals surface area contributed by atoms with Gasteiger partial charge in [0.1, 0.15) is 11.4 Å². The van der Waals surface area contributed by atoms with Crippen molar-refractivity contribution >= 4 is 35.2 Å². The maximum Gasteiger partial charge on any atom is 0.184 e. The van der Waals surface area contributed by atoms with Crippen LogP contribution in [-0.4, -0.2) is 26.3 Å². The average Bonchev–Trinajstić information content (AvgIpc) is 3.12. The highest BCUT2D eigenvalue weighted by atomic mass is 35.5. The number of hydrogen-bond acceptors (Lipinski definition) is 4. The second-order valence-corrected chi connectivity index (χ2v) is 6.85. The molecule has 0 amide bonds. The lowest BCUT2D eigenvalue weighted by molar-refractivity contribution is 0.474. The molecule has 138 valence electrons. The molecule has 0 bridgehead atoms. The second-order valence-electron chi connectivity index (χ2n) is 5.98. The summed E-state index contributed by atoms with van der Waals surface area (Å²) >= 11 is 11.9. The highest BCUT2D eigenvalue weighted by Gasteiger charge is 2.15. The number of rotatable bonds is 4. The summed E-state index contributed by atoms with van der Waals surface area (Å²) in [5, 5.41) is 19.8. The van der Waals surface area contributed by atoms with Crippen LogP contribution in [0.5, 0.6) is 5.75 Å². The average molecular weight is 409 g/mol. The standard InChI is InChI=1S/C21H14Cl2N4O/c22-16-8-10-18(11-9-16)27-21(20(25-26-27)14-4-2-1-3-5-14)24-13-15-6-7-17(23)12-19(15)28/h1-13,28H/b24-13+. The largest absolute Gasteiger partial charge is 0.507 e. The van der Waals surface area contributed by atoms with E-state index in [0.29, 0.717) is 27.1 Å². The lowest BCUT2D eigenvalue weighted by atomic mass is 10.1. The molecule has 0 unspecified atom stereocenters. The van der Waals surface area contributed by atoms with E-state index in [1.807, 2.05) is 42.5 Å². The van der Waals surface area contributed by atoms with Crippen molar-refractivity contribution in [3.63, 3.8) is 0 Å². The zero-order valence-corrected chi connectivity index (χ0v) is 16.0. The van der Waals surface area contributed by atoms with Gasteiger partial charge in [0.15, 0.2) is 5.82 Å². The monoisotopic (exact) mass is 408 g/mol. The van der Waals surface area contributed by atoms with Crippen LogP contribution in [0.3, 0.4) is 0 Å². The molecule has 0 atom stereocenters. The van der Waals surface area contributed by atoms with Crippen LogP contribution < -0.4 is 0 Å². The van der Waals surface area contributed by atoms with Gasteiger partial charge >= 0.3 is 0 Å². The van der Waals surface area contributed by atoms with Crippen molar-refractivity contribution in [1.29, 1.82) is 0 Å². The Morgan fingerprint density at radius 1 is 0.893 bits per heavy atom. The first-order chi connectivity index (χ1) is 13.6. The Morgan fingerprint density at radius 3 is 2.32 bits per heavy atom. The van der Waals surface area contributed by atoms with Gasteiger partial charge in [-0.1, -0.05) is 58.7 Å². The molecule has 7 heteroatoms. The summed E-state index contributed by atoms with van der Waals surface area (Å²) in [6, 6.07) is 21.7. The van der Waals surface area contributed by atoms with Crippen LogP contribution in [0.1, 0.15) is 5.56 Å². The van der Waals surface area contributed by atoms with E-state index in [-0.39, 0.29) is 5.75 Å². The van der Waals surface area contributed by atoms with Gasteiger partial charge < -0.3 is 5.11 Å². The fourth-order valence-corrected chi connectivity index (χ4v) is 2.98. The Labute approximate surface area is 171 Å². The van der Waals surface area contributed by atoms with E-state index in [1.54, 1.807) is 35.2 Å². The summed E-state index contributed by atoms with van der Waals surface area (Å²) in [6.45, 7) is 0. The van der Waals surface area contributed by atoms with Gasteiger partial charge in [-0.3, -0.25) is 0 Å². The predicted octanol–water partition coefficient (Wildman–Crippen LogP) is 5.70. The molecule has 0 spiro atoms. The third kappa shape index (κ3) is 3.76. The minimum Gasteiger partial charge on any atom is -0.507 e. The van der Waals surface area contributed by atoms with Crippen LogP contribution in [0.25, 0.3) is 16.9 Å². The van der Waals surface area contributed by atoms with E-state index in [9.17, 15) is 5.11 Å². The van der Waals surface area contributed by atoms with E-state index >= 15 is 0 Å². The van der Waals surface area contributed by atoms with Crippen molar-refractivity contribution in [2.45, 2.75) is 0 Å². The van der Waals surface area contributed by atoms with Crippen molar-refractivity contribution in [2.24, 2.45) is 4.99 Å². The van der Waals surface area contributed by atoms with Crippen molar-refractivity contribution < 1.29 is 5.11 Å². The van der Waals surface area contributed by atoms with Crippen molar-refractivity contribution in [1.82, 2.24) is 15.0 Å². The van der Waals surface area contributed by atoms with Crippen molar-refractivity contribution in [3.8, 4) is 22.7 Å². The minimum atomic E-state index is 0.0445. The molecule has 4 aromatic rings. The summed E-state index contributed by atoms with van der Waals surface area (Å²) in [5.41, 5.74) is 2.81. The summed E-state index contributed by atoms with van der Waals surface area (Å²) in [4.78, 5) is 4.58. The number of nitrogens with zero attached hydrogens (tertiary/aromatic N) is 4. The fourth-order valence-electron chi connectivity index (χ4n) is 2.69. The van der Waals surface area contributed by atoms with Gasteiger partial charge in [0, 0.05) is 27.4 Å². The van der Waals surface area contributed by atoms with Gasteiger partial charge in [-0.15, -0.1) is 5.10 Å². The molecular weight excluding hydrogens is 395 g/mol. The normalized spacial score (nSPS) is 11.2. The number of phenolic OH excluding ortho intramolecular Hbond substituents is 1. The number of phenols is 1. The molecule has 0 aliphatic heterocycles. The summed E-state index contributed by atoms with van der Waals surface area (Å²) in [7, 11) is 0. The Morgan fingerprint density at radius 2 is 1.61 bits per heavy atom. The number of benzene rings is 3. The maximum absolute atomic E-state index is 10.1. The summed E-state index contributed by atoms with van der Waals surface area (Å²) < 4.78 is 1.63. The molecule has 4 rings (SSSR count). The SMILES string of the molecule is Oc1cc(Cl)ccc1/C=N/c1c(-c2ccccc2)nnn1-c1ccc(Cl)cc1. The fraction of sp³-hybridized carbons (Fsp3) is 0. The molecule has 0 saturated carbocycles. The molecule has 0 aliphatic rings. The van der Waals surface area contributed by atoms with E-state index in [0.717, 1.165) is 11.3 Å². The number of aliphatic imine (C=N–C) groups is 1. The van der Waals surface area contributed by atoms with Crippen LogP contribution >= 0.6 is 23.2 Å². The van der Waals surface area contributed by atoms with Gasteiger partial charge in [0.05, 0.1) is 5.69 Å². The van der Waals surface area contributed by atoms with Crippen molar-refractivity contribution in [3.05, 3.63) is 88.4 Å². The van der Waals surface area contributed by atoms with Gasteiger partial charge in [0.25, 0.3) is 0 Å². The quantitative estimate of drug-likeness (QED) is 0.440. The maximum atomic E-state index is 10.1. The van der Waals surface area contributed by atoms with Gasteiger partial charge in [0.2, 0.25) is 0 Å². The Bertz CT molecular complexity index is 1140. The second kappa shape index (κ2) is 7.84. The lowest BCUT2D eigenvalue weighted by Crippen LogP contribution is -1.96. The number of hydrogen-bond donors (Lipinski definition) is 1. The van der Waals surface area contributed by atoms with E-state index in [2.05, 4.69) is 15.3 Å². The van der Waals surface area contributed by atoms with Gasteiger partial charge in [-0.2, -0.15) is 4.68 Å². The van der Waals surface area contributed by atoms with Crippen LogP contribution in [-0.2, 0) is 0 Å². The minimum absolute atomic E-state index is 0.0445. The molecule has 1 N–H and O–H groups in total. The molecule has 1 aromatic heterocycles. The molecule has 0 saturated heterocycles. The highest BCUT2D eigenvalue weighted by Crippen LogP contribution is 2.31. The number of aromatic hydroxyl groups is 1. The molecule has 0 aliphatic carbocycles. The Balaban J connectivity index is 1.83. The molecule has 5 nitrogen and oxygen atoms in total. The molecule has 0 radical (unpaired) electrons. The third-order valence-corrected chi connectivity index (χ3v) is 4.57. The number of halogens is 2. The topological polar surface area (TPSA) is 63.3 Å². The van der Waals surface area contributed by atoms with Gasteiger partial charge in [-0.25, -0.2) is 4.99 Å². The Hall–Kier alpha value is -3.15. The van der Waals surface area contributed by atoms with Crippen molar-refractivity contribution in [2.75, 3.05) is 0 Å². The van der Waals surface area contributed by atoms with Crippen LogP contribution in [0.4, 0.5) is 5.82 Å². The van der Waals surface area contributed by atoms with Crippen LogP contribution in [0.2, 0.25) is 10.0 Å². The van der Waals surface area contributed by atoms with Gasteiger partial charge in [-0.05, 0) is 42.5 Å². The molecule has 3 aromatic carbocycles. The van der Waals surface area contributed by atoms with E-state index in [4.69, 9.17) is 23.2 Å². The summed E-state index contributed by atoms with van der Waals surface area (Å²) in [6.07, 6.45) is 1.56. The predicted molar refractivity (Wildman–Crippen MR) is 112 cm³/mol.